The molecule has 68 valence electrons. The van der Waals surface area contributed by atoms with Crippen molar-refractivity contribution in [1.29, 1.82) is 5.26 Å². The van der Waals surface area contributed by atoms with Gasteiger partial charge in [-0.1, -0.05) is 0 Å². The van der Waals surface area contributed by atoms with E-state index in [1.165, 1.54) is 11.3 Å². The highest BCUT2D eigenvalue weighted by Gasteiger charge is 2.14. The SMILES string of the molecule is N#Cc1sccc1[C@H](N)CC(=O)O. The minimum Gasteiger partial charge on any atom is -0.481 e. The number of nitrogens with two attached hydrogens (primary N) is 1. The molecule has 1 heterocycles. The zero-order valence-corrected chi connectivity index (χ0v) is 7.54. The number of carboxylic acids is 1. The molecule has 1 aromatic heterocycles. The first kappa shape index (κ1) is 9.71. The Morgan fingerprint density at radius 2 is 2.54 bits per heavy atom. The fourth-order valence-electron chi connectivity index (χ4n) is 1.00. The Kier molecular flexibility index (Phi) is 3.01. The van der Waals surface area contributed by atoms with E-state index in [2.05, 4.69) is 0 Å². The molecule has 1 atom stereocenters. The topological polar surface area (TPSA) is 87.1 Å². The number of nitrogens with zero attached hydrogens (tertiary/aromatic N) is 1. The summed E-state index contributed by atoms with van der Waals surface area (Å²) in [6.07, 6.45) is -0.147. The zero-order valence-electron chi connectivity index (χ0n) is 6.73. The molecule has 0 unspecified atom stereocenters. The molecule has 0 amide bonds. The minimum absolute atomic E-state index is 0.147. The van der Waals surface area contributed by atoms with Crippen LogP contribution < -0.4 is 5.73 Å². The molecule has 4 nitrogen and oxygen atoms in total. The summed E-state index contributed by atoms with van der Waals surface area (Å²) in [5, 5.41) is 18.9. The lowest BCUT2D eigenvalue weighted by Gasteiger charge is -2.06. The van der Waals surface area contributed by atoms with Gasteiger partial charge < -0.3 is 10.8 Å². The normalized spacial score (nSPS) is 12.0. The highest BCUT2D eigenvalue weighted by atomic mass is 32.1. The van der Waals surface area contributed by atoms with E-state index in [0.717, 1.165) is 0 Å². The smallest absolute Gasteiger partial charge is 0.305 e. The van der Waals surface area contributed by atoms with Crippen molar-refractivity contribution < 1.29 is 9.90 Å². The maximum atomic E-state index is 10.3. The van der Waals surface area contributed by atoms with Crippen molar-refractivity contribution in [2.24, 2.45) is 5.73 Å². The molecule has 0 bridgehead atoms. The van der Waals surface area contributed by atoms with Crippen LogP contribution in [0.3, 0.4) is 0 Å². The Bertz CT molecular complexity index is 353. The van der Waals surface area contributed by atoms with Gasteiger partial charge in [-0.3, -0.25) is 4.79 Å². The number of aliphatic carboxylic acids is 1. The van der Waals surface area contributed by atoms with Crippen molar-refractivity contribution in [2.45, 2.75) is 12.5 Å². The van der Waals surface area contributed by atoms with Crippen molar-refractivity contribution in [3.63, 3.8) is 0 Å². The maximum absolute atomic E-state index is 10.3. The summed E-state index contributed by atoms with van der Waals surface area (Å²) in [6.45, 7) is 0. The fourth-order valence-corrected chi connectivity index (χ4v) is 1.76. The molecule has 1 rings (SSSR count). The van der Waals surface area contributed by atoms with E-state index < -0.39 is 12.0 Å². The van der Waals surface area contributed by atoms with Crippen LogP contribution in [0.15, 0.2) is 11.4 Å². The highest BCUT2D eigenvalue weighted by molar-refractivity contribution is 7.10. The van der Waals surface area contributed by atoms with Gasteiger partial charge in [-0.05, 0) is 17.0 Å². The Balaban J connectivity index is 2.83. The van der Waals surface area contributed by atoms with Gasteiger partial charge in [0.05, 0.1) is 6.42 Å². The summed E-state index contributed by atoms with van der Waals surface area (Å²) in [5.74, 6) is -0.956. The van der Waals surface area contributed by atoms with Crippen LogP contribution in [0.5, 0.6) is 0 Å². The molecular formula is C8H8N2O2S. The molecule has 0 saturated carbocycles. The lowest BCUT2D eigenvalue weighted by Crippen LogP contribution is -2.15. The Morgan fingerprint density at radius 1 is 1.85 bits per heavy atom. The van der Waals surface area contributed by atoms with E-state index in [-0.39, 0.29) is 6.42 Å². The van der Waals surface area contributed by atoms with Gasteiger partial charge in [0.15, 0.2) is 0 Å². The molecule has 3 N–H and O–H groups in total. The number of thiophene rings is 1. The molecule has 0 aliphatic rings. The van der Waals surface area contributed by atoms with Crippen LogP contribution in [0.25, 0.3) is 0 Å². The highest BCUT2D eigenvalue weighted by Crippen LogP contribution is 2.23. The van der Waals surface area contributed by atoms with Crippen LogP contribution in [0, 0.1) is 11.3 Å². The van der Waals surface area contributed by atoms with Crippen LogP contribution in [0.2, 0.25) is 0 Å². The monoisotopic (exact) mass is 196 g/mol. The van der Waals surface area contributed by atoms with Crippen LogP contribution >= 0.6 is 11.3 Å². The number of carboxylic acid groups (broad SMARTS) is 1. The Hall–Kier alpha value is -1.38. The van der Waals surface area contributed by atoms with Gasteiger partial charge in [-0.15, -0.1) is 11.3 Å². The Labute approximate surface area is 79.2 Å². The third-order valence-corrected chi connectivity index (χ3v) is 2.43. The summed E-state index contributed by atoms with van der Waals surface area (Å²) in [4.78, 5) is 10.8. The van der Waals surface area contributed by atoms with Gasteiger partial charge in [0, 0.05) is 6.04 Å². The van der Waals surface area contributed by atoms with E-state index in [1.807, 2.05) is 6.07 Å². The summed E-state index contributed by atoms with van der Waals surface area (Å²) in [5.41, 5.74) is 6.21. The van der Waals surface area contributed by atoms with Gasteiger partial charge in [0.1, 0.15) is 10.9 Å². The molecule has 5 heteroatoms. The molecule has 0 saturated heterocycles. The van der Waals surface area contributed by atoms with Gasteiger partial charge >= 0.3 is 5.97 Å². The third kappa shape index (κ3) is 2.28. The summed E-state index contributed by atoms with van der Waals surface area (Å²) >= 11 is 1.27. The van der Waals surface area contributed by atoms with Crippen LogP contribution in [-0.4, -0.2) is 11.1 Å². The van der Waals surface area contributed by atoms with Crippen molar-refractivity contribution in [3.05, 3.63) is 21.9 Å². The van der Waals surface area contributed by atoms with E-state index in [9.17, 15) is 4.79 Å². The van der Waals surface area contributed by atoms with Gasteiger partial charge in [0.2, 0.25) is 0 Å². The number of hydrogen-bond donors (Lipinski definition) is 2. The molecule has 0 aromatic carbocycles. The molecular weight excluding hydrogens is 188 g/mol. The second kappa shape index (κ2) is 4.03. The number of rotatable bonds is 3. The van der Waals surface area contributed by atoms with E-state index in [4.69, 9.17) is 16.1 Å². The molecule has 1 aromatic rings. The number of nitriles is 1. The first-order valence-corrected chi connectivity index (χ1v) is 4.48. The Morgan fingerprint density at radius 3 is 3.08 bits per heavy atom. The third-order valence-electron chi connectivity index (χ3n) is 1.59. The lowest BCUT2D eigenvalue weighted by molar-refractivity contribution is -0.137. The quantitative estimate of drug-likeness (QED) is 0.757. The summed E-state index contributed by atoms with van der Waals surface area (Å²) in [6, 6.07) is 3.08. The molecule has 0 aliphatic heterocycles. The predicted octanol–water partition coefficient (Wildman–Crippen LogP) is 1.09. The van der Waals surface area contributed by atoms with Crippen molar-refractivity contribution >= 4 is 17.3 Å². The van der Waals surface area contributed by atoms with Crippen LogP contribution in [0.4, 0.5) is 0 Å². The summed E-state index contributed by atoms with van der Waals surface area (Å²) < 4.78 is 0. The van der Waals surface area contributed by atoms with Gasteiger partial charge in [-0.25, -0.2) is 0 Å². The average molecular weight is 196 g/mol. The molecule has 0 fully saturated rings. The lowest BCUT2D eigenvalue weighted by atomic mass is 10.1. The minimum atomic E-state index is -0.956. The molecule has 13 heavy (non-hydrogen) atoms. The first-order chi connectivity index (χ1) is 6.15. The largest absolute Gasteiger partial charge is 0.481 e. The molecule has 0 aliphatic carbocycles. The number of carbonyl (C=O) groups is 1. The van der Waals surface area contributed by atoms with Gasteiger partial charge in [-0.2, -0.15) is 5.26 Å². The van der Waals surface area contributed by atoms with E-state index >= 15 is 0 Å². The van der Waals surface area contributed by atoms with Crippen molar-refractivity contribution in [3.8, 4) is 6.07 Å². The second-order valence-electron chi connectivity index (χ2n) is 2.52. The van der Waals surface area contributed by atoms with Gasteiger partial charge in [0.25, 0.3) is 0 Å². The van der Waals surface area contributed by atoms with Crippen molar-refractivity contribution in [2.75, 3.05) is 0 Å². The predicted molar refractivity (Wildman–Crippen MR) is 48.2 cm³/mol. The molecule has 0 radical (unpaired) electrons. The molecule has 0 spiro atoms. The number of hydrogen-bond acceptors (Lipinski definition) is 4. The first-order valence-electron chi connectivity index (χ1n) is 3.60. The standard InChI is InChI=1S/C8H8N2O2S/c9-4-7-5(1-2-13-7)6(10)3-8(11)12/h1-2,6H,3,10H2,(H,11,12)/t6-/m1/s1. The van der Waals surface area contributed by atoms with Crippen LogP contribution in [0.1, 0.15) is 22.9 Å². The van der Waals surface area contributed by atoms with E-state index in [0.29, 0.717) is 10.4 Å². The zero-order chi connectivity index (χ0) is 9.84. The fraction of sp³-hybridized carbons (Fsp3) is 0.250. The van der Waals surface area contributed by atoms with E-state index in [1.54, 1.807) is 11.4 Å². The van der Waals surface area contributed by atoms with Crippen LogP contribution in [-0.2, 0) is 4.79 Å². The second-order valence-corrected chi connectivity index (χ2v) is 3.44. The maximum Gasteiger partial charge on any atom is 0.305 e. The average Bonchev–Trinajstić information content (AvgIpc) is 2.49. The van der Waals surface area contributed by atoms with Crippen molar-refractivity contribution in [1.82, 2.24) is 0 Å². The summed E-state index contributed by atoms with van der Waals surface area (Å²) in [7, 11) is 0.